The number of esters is 1. The molecule has 146 valence electrons. The fraction of sp³-hybridized carbons (Fsp3) is 0.529. The summed E-state index contributed by atoms with van der Waals surface area (Å²) in [5.41, 5.74) is -0.0107. The van der Waals surface area contributed by atoms with Gasteiger partial charge < -0.3 is 19.5 Å². The minimum absolute atomic E-state index is 0.296. The zero-order valence-corrected chi connectivity index (χ0v) is 15.0. The summed E-state index contributed by atoms with van der Waals surface area (Å²) in [6.45, 7) is 6.36. The number of amides is 1. The molecule has 0 heterocycles. The number of carbonyl (C=O) groups is 2. The molecular weight excluding hydrogens is 355 g/mol. The Hall–Kier alpha value is -2.45. The molecule has 0 aliphatic rings. The van der Waals surface area contributed by atoms with E-state index in [0.29, 0.717) is 12.0 Å². The van der Waals surface area contributed by atoms with Crippen molar-refractivity contribution in [1.29, 1.82) is 0 Å². The normalized spacial score (nSPS) is 12.9. The first kappa shape index (κ1) is 21.6. The molecule has 1 amide bonds. The molecule has 26 heavy (non-hydrogen) atoms. The predicted molar refractivity (Wildman–Crippen MR) is 86.6 cm³/mol. The van der Waals surface area contributed by atoms with Crippen molar-refractivity contribution < 1.29 is 37.0 Å². The van der Waals surface area contributed by atoms with E-state index in [1.54, 1.807) is 27.7 Å². The molecule has 0 saturated carbocycles. The zero-order valence-electron chi connectivity index (χ0n) is 15.0. The number of rotatable bonds is 6. The van der Waals surface area contributed by atoms with Crippen LogP contribution < -0.4 is 10.1 Å². The van der Waals surface area contributed by atoms with Crippen LogP contribution in [-0.4, -0.2) is 36.7 Å². The van der Waals surface area contributed by atoms with Crippen LogP contribution in [0.2, 0.25) is 0 Å². The largest absolute Gasteiger partial charge is 0.573 e. The topological polar surface area (TPSA) is 73.9 Å². The molecular formula is C17H22F3NO5. The minimum Gasteiger partial charge on any atom is -0.461 e. The van der Waals surface area contributed by atoms with E-state index in [1.807, 2.05) is 0 Å². The molecule has 1 aromatic rings. The SMILES string of the molecule is CC(Cc1ccc(OC(F)(F)F)cc1)OC(=O)CNC(=O)OC(C)(C)C. The van der Waals surface area contributed by atoms with Crippen LogP contribution in [0.1, 0.15) is 33.3 Å². The molecule has 0 radical (unpaired) electrons. The molecule has 0 fully saturated rings. The standard InChI is InChI=1S/C17H22F3NO5/c1-11(24-14(22)10-21-15(23)26-16(2,3)4)9-12-5-7-13(8-6-12)25-17(18,19)20/h5-8,11H,9-10H2,1-4H3,(H,21,23). The maximum atomic E-state index is 12.1. The molecule has 0 aromatic heterocycles. The molecule has 1 unspecified atom stereocenters. The highest BCUT2D eigenvalue weighted by Gasteiger charge is 2.31. The smallest absolute Gasteiger partial charge is 0.461 e. The summed E-state index contributed by atoms with van der Waals surface area (Å²) in [5, 5.41) is 2.28. The fourth-order valence-electron chi connectivity index (χ4n) is 1.93. The lowest BCUT2D eigenvalue weighted by atomic mass is 10.1. The second-order valence-corrected chi connectivity index (χ2v) is 6.55. The lowest BCUT2D eigenvalue weighted by molar-refractivity contribution is -0.274. The van der Waals surface area contributed by atoms with Crippen molar-refractivity contribution in [2.75, 3.05) is 6.54 Å². The van der Waals surface area contributed by atoms with Gasteiger partial charge in [-0.15, -0.1) is 13.2 Å². The van der Waals surface area contributed by atoms with Gasteiger partial charge in [0, 0.05) is 6.42 Å². The summed E-state index contributed by atoms with van der Waals surface area (Å²) in [5.74, 6) is -0.979. The lowest BCUT2D eigenvalue weighted by Crippen LogP contribution is -2.36. The van der Waals surface area contributed by atoms with Gasteiger partial charge in [-0.05, 0) is 45.4 Å². The molecule has 0 aliphatic heterocycles. The van der Waals surface area contributed by atoms with Crippen molar-refractivity contribution in [3.63, 3.8) is 0 Å². The highest BCUT2D eigenvalue weighted by molar-refractivity contribution is 5.78. The number of halogens is 3. The highest BCUT2D eigenvalue weighted by Crippen LogP contribution is 2.23. The molecule has 0 spiro atoms. The van der Waals surface area contributed by atoms with E-state index in [-0.39, 0.29) is 12.3 Å². The first-order valence-electron chi connectivity index (χ1n) is 7.85. The van der Waals surface area contributed by atoms with Crippen LogP contribution in [0.3, 0.4) is 0 Å². The number of ether oxygens (including phenoxy) is 3. The number of hydrogen-bond donors (Lipinski definition) is 1. The second-order valence-electron chi connectivity index (χ2n) is 6.55. The number of hydrogen-bond acceptors (Lipinski definition) is 5. The number of carbonyl (C=O) groups excluding carboxylic acids is 2. The van der Waals surface area contributed by atoms with Crippen LogP contribution in [0.25, 0.3) is 0 Å². The van der Waals surface area contributed by atoms with Gasteiger partial charge in [0.05, 0.1) is 0 Å². The van der Waals surface area contributed by atoms with Crippen LogP contribution in [0.15, 0.2) is 24.3 Å². The molecule has 0 saturated heterocycles. The number of nitrogens with one attached hydrogen (secondary N) is 1. The maximum absolute atomic E-state index is 12.1. The Balaban J connectivity index is 2.40. The maximum Gasteiger partial charge on any atom is 0.573 e. The van der Waals surface area contributed by atoms with Gasteiger partial charge in [0.15, 0.2) is 0 Å². The van der Waals surface area contributed by atoms with E-state index in [1.165, 1.54) is 24.3 Å². The molecule has 0 aliphatic carbocycles. The van der Waals surface area contributed by atoms with E-state index in [0.717, 1.165) is 0 Å². The average Bonchev–Trinajstić information content (AvgIpc) is 2.44. The highest BCUT2D eigenvalue weighted by atomic mass is 19.4. The van der Waals surface area contributed by atoms with Crippen LogP contribution in [-0.2, 0) is 20.7 Å². The Labute approximate surface area is 149 Å². The van der Waals surface area contributed by atoms with Crippen molar-refractivity contribution in [2.45, 2.75) is 52.2 Å². The zero-order chi connectivity index (χ0) is 20.0. The van der Waals surface area contributed by atoms with Crippen molar-refractivity contribution in [3.05, 3.63) is 29.8 Å². The van der Waals surface area contributed by atoms with Gasteiger partial charge in [-0.3, -0.25) is 4.79 Å². The number of benzene rings is 1. The first-order chi connectivity index (χ1) is 11.8. The van der Waals surface area contributed by atoms with Crippen molar-refractivity contribution in [3.8, 4) is 5.75 Å². The van der Waals surface area contributed by atoms with E-state index < -0.39 is 30.1 Å². The van der Waals surface area contributed by atoms with Crippen molar-refractivity contribution >= 4 is 12.1 Å². The van der Waals surface area contributed by atoms with E-state index in [9.17, 15) is 22.8 Å². The molecule has 1 N–H and O–H groups in total. The Kier molecular flexibility index (Phi) is 7.29. The Morgan fingerprint density at radius 3 is 2.19 bits per heavy atom. The van der Waals surface area contributed by atoms with Gasteiger partial charge in [0.1, 0.15) is 24.0 Å². The first-order valence-corrected chi connectivity index (χ1v) is 7.85. The Bertz CT molecular complexity index is 608. The Morgan fingerprint density at radius 2 is 1.69 bits per heavy atom. The third-order valence-corrected chi connectivity index (χ3v) is 2.79. The summed E-state index contributed by atoms with van der Waals surface area (Å²) in [6.07, 6.45) is -5.71. The summed E-state index contributed by atoms with van der Waals surface area (Å²) >= 11 is 0. The summed E-state index contributed by atoms with van der Waals surface area (Å²) in [6, 6.07) is 5.26. The predicted octanol–water partition coefficient (Wildman–Crippen LogP) is 3.58. The van der Waals surface area contributed by atoms with E-state index in [4.69, 9.17) is 9.47 Å². The molecule has 1 aromatic carbocycles. The fourth-order valence-corrected chi connectivity index (χ4v) is 1.93. The van der Waals surface area contributed by atoms with Gasteiger partial charge in [0.2, 0.25) is 0 Å². The van der Waals surface area contributed by atoms with Gasteiger partial charge in [-0.1, -0.05) is 12.1 Å². The third-order valence-electron chi connectivity index (χ3n) is 2.79. The molecule has 9 heteroatoms. The van der Waals surface area contributed by atoms with Crippen LogP contribution in [0.4, 0.5) is 18.0 Å². The number of alkyl carbamates (subject to hydrolysis) is 1. The summed E-state index contributed by atoms with van der Waals surface area (Å²) < 4.78 is 50.2. The molecule has 1 rings (SSSR count). The van der Waals surface area contributed by atoms with E-state index in [2.05, 4.69) is 10.1 Å². The van der Waals surface area contributed by atoms with Crippen LogP contribution >= 0.6 is 0 Å². The van der Waals surface area contributed by atoms with Crippen LogP contribution in [0.5, 0.6) is 5.75 Å². The third kappa shape index (κ3) is 9.75. The van der Waals surface area contributed by atoms with Crippen molar-refractivity contribution in [1.82, 2.24) is 5.32 Å². The lowest BCUT2D eigenvalue weighted by Gasteiger charge is -2.20. The van der Waals surface area contributed by atoms with E-state index >= 15 is 0 Å². The average molecular weight is 377 g/mol. The van der Waals surface area contributed by atoms with Gasteiger partial charge in [0.25, 0.3) is 0 Å². The number of alkyl halides is 3. The molecule has 1 atom stereocenters. The second kappa shape index (κ2) is 8.77. The Morgan fingerprint density at radius 1 is 1.12 bits per heavy atom. The molecule has 0 bridgehead atoms. The van der Waals surface area contributed by atoms with Crippen LogP contribution in [0, 0.1) is 0 Å². The summed E-state index contributed by atoms with van der Waals surface area (Å²) in [7, 11) is 0. The summed E-state index contributed by atoms with van der Waals surface area (Å²) in [4.78, 5) is 23.1. The molecule has 6 nitrogen and oxygen atoms in total. The van der Waals surface area contributed by atoms with Crippen molar-refractivity contribution in [2.24, 2.45) is 0 Å². The quantitative estimate of drug-likeness (QED) is 0.767. The van der Waals surface area contributed by atoms with Gasteiger partial charge in [-0.2, -0.15) is 0 Å². The van der Waals surface area contributed by atoms with Gasteiger partial charge in [-0.25, -0.2) is 4.79 Å². The van der Waals surface area contributed by atoms with Gasteiger partial charge >= 0.3 is 18.4 Å². The minimum atomic E-state index is -4.74. The monoisotopic (exact) mass is 377 g/mol.